The zero-order chi connectivity index (χ0) is 13.5. The summed E-state index contributed by atoms with van der Waals surface area (Å²) in [5, 5.41) is 3.58. The molecule has 3 heteroatoms. The van der Waals surface area contributed by atoms with E-state index in [1.165, 1.54) is 77.8 Å². The first kappa shape index (κ1) is 15.3. The van der Waals surface area contributed by atoms with Crippen molar-refractivity contribution in [3.8, 4) is 0 Å². The van der Waals surface area contributed by atoms with Gasteiger partial charge in [0.05, 0.1) is 0 Å². The molecule has 19 heavy (non-hydrogen) atoms. The summed E-state index contributed by atoms with van der Waals surface area (Å²) in [6, 6.07) is 1.59. The van der Waals surface area contributed by atoms with Crippen molar-refractivity contribution >= 4 is 0 Å². The van der Waals surface area contributed by atoms with Crippen LogP contribution in [0.1, 0.15) is 52.4 Å². The van der Waals surface area contributed by atoms with Gasteiger partial charge in [0, 0.05) is 31.7 Å². The van der Waals surface area contributed by atoms with Crippen LogP contribution in [0.3, 0.4) is 0 Å². The van der Waals surface area contributed by atoms with Gasteiger partial charge in [-0.25, -0.2) is 0 Å². The van der Waals surface area contributed by atoms with Crippen LogP contribution in [0, 0.1) is 0 Å². The Bertz CT molecular complexity index is 244. The SMILES string of the molecule is CCCNC(C)CCCCN1CCN2CCCC2C1. The third-order valence-electron chi connectivity index (χ3n) is 4.78. The molecule has 3 nitrogen and oxygen atoms in total. The fourth-order valence-corrected chi connectivity index (χ4v) is 3.54. The van der Waals surface area contributed by atoms with E-state index in [-0.39, 0.29) is 0 Å². The summed E-state index contributed by atoms with van der Waals surface area (Å²) in [6.07, 6.45) is 8.21. The molecule has 0 saturated carbocycles. The minimum absolute atomic E-state index is 0.701. The second-order valence-corrected chi connectivity index (χ2v) is 6.48. The lowest BCUT2D eigenvalue weighted by molar-refractivity contribution is 0.103. The molecule has 1 N–H and O–H groups in total. The smallest absolute Gasteiger partial charge is 0.0224 e. The van der Waals surface area contributed by atoms with Crippen LogP contribution < -0.4 is 5.32 Å². The highest BCUT2D eigenvalue weighted by molar-refractivity contribution is 4.86. The van der Waals surface area contributed by atoms with Crippen LogP contribution in [-0.4, -0.2) is 61.2 Å². The highest BCUT2D eigenvalue weighted by atomic mass is 15.3. The van der Waals surface area contributed by atoms with E-state index in [1.54, 1.807) is 0 Å². The van der Waals surface area contributed by atoms with Crippen molar-refractivity contribution in [2.75, 3.05) is 39.3 Å². The van der Waals surface area contributed by atoms with E-state index in [0.29, 0.717) is 6.04 Å². The third kappa shape index (κ3) is 5.05. The summed E-state index contributed by atoms with van der Waals surface area (Å²) >= 11 is 0. The molecule has 0 aliphatic carbocycles. The van der Waals surface area contributed by atoms with Crippen LogP contribution in [0.4, 0.5) is 0 Å². The molecule has 0 amide bonds. The number of piperazine rings is 1. The molecule has 0 radical (unpaired) electrons. The summed E-state index contributed by atoms with van der Waals surface area (Å²) in [6.45, 7) is 12.4. The minimum Gasteiger partial charge on any atom is -0.314 e. The minimum atomic E-state index is 0.701. The lowest BCUT2D eigenvalue weighted by Gasteiger charge is -2.37. The summed E-state index contributed by atoms with van der Waals surface area (Å²) in [5.74, 6) is 0. The van der Waals surface area contributed by atoms with Crippen LogP contribution in [0.15, 0.2) is 0 Å². The number of fused-ring (bicyclic) bond motifs is 1. The Kier molecular flexibility index (Phi) is 6.62. The largest absolute Gasteiger partial charge is 0.314 e. The Morgan fingerprint density at radius 2 is 2.11 bits per heavy atom. The zero-order valence-electron chi connectivity index (χ0n) is 13.0. The van der Waals surface area contributed by atoms with Crippen molar-refractivity contribution in [2.45, 2.75) is 64.5 Å². The molecule has 2 fully saturated rings. The lowest BCUT2D eigenvalue weighted by atomic mass is 10.1. The van der Waals surface area contributed by atoms with Crippen molar-refractivity contribution in [1.29, 1.82) is 0 Å². The Balaban J connectivity index is 1.51. The van der Waals surface area contributed by atoms with Gasteiger partial charge in [-0.3, -0.25) is 4.90 Å². The fraction of sp³-hybridized carbons (Fsp3) is 1.00. The van der Waals surface area contributed by atoms with E-state index in [9.17, 15) is 0 Å². The molecule has 2 unspecified atom stereocenters. The van der Waals surface area contributed by atoms with Crippen molar-refractivity contribution in [2.24, 2.45) is 0 Å². The monoisotopic (exact) mass is 267 g/mol. The number of nitrogens with zero attached hydrogens (tertiary/aromatic N) is 2. The van der Waals surface area contributed by atoms with Gasteiger partial charge >= 0.3 is 0 Å². The highest BCUT2D eigenvalue weighted by Gasteiger charge is 2.29. The standard InChI is InChI=1S/C16H33N3/c1-3-9-17-15(2)7-4-5-10-18-12-13-19-11-6-8-16(19)14-18/h15-17H,3-14H2,1-2H3. The van der Waals surface area contributed by atoms with Gasteiger partial charge in [0.2, 0.25) is 0 Å². The number of rotatable bonds is 8. The van der Waals surface area contributed by atoms with E-state index >= 15 is 0 Å². The van der Waals surface area contributed by atoms with E-state index in [4.69, 9.17) is 0 Å². The fourth-order valence-electron chi connectivity index (χ4n) is 3.54. The molecule has 0 aromatic heterocycles. The molecular formula is C16H33N3. The number of hydrogen-bond donors (Lipinski definition) is 1. The third-order valence-corrected chi connectivity index (χ3v) is 4.78. The van der Waals surface area contributed by atoms with Gasteiger partial charge in [-0.1, -0.05) is 13.3 Å². The maximum atomic E-state index is 3.58. The second kappa shape index (κ2) is 8.23. The summed E-state index contributed by atoms with van der Waals surface area (Å²) < 4.78 is 0. The average Bonchev–Trinajstić information content (AvgIpc) is 2.88. The molecule has 112 valence electrons. The summed E-state index contributed by atoms with van der Waals surface area (Å²) in [4.78, 5) is 5.41. The Morgan fingerprint density at radius 1 is 1.21 bits per heavy atom. The van der Waals surface area contributed by atoms with Gasteiger partial charge in [0.25, 0.3) is 0 Å². The van der Waals surface area contributed by atoms with Gasteiger partial charge < -0.3 is 10.2 Å². The van der Waals surface area contributed by atoms with Gasteiger partial charge in [-0.15, -0.1) is 0 Å². The molecule has 2 rings (SSSR count). The molecule has 2 heterocycles. The van der Waals surface area contributed by atoms with Crippen LogP contribution in [-0.2, 0) is 0 Å². The van der Waals surface area contributed by atoms with Gasteiger partial charge in [0.15, 0.2) is 0 Å². The number of unbranched alkanes of at least 4 members (excludes halogenated alkanes) is 1. The molecule has 0 aromatic carbocycles. The van der Waals surface area contributed by atoms with E-state index < -0.39 is 0 Å². The number of hydrogen-bond acceptors (Lipinski definition) is 3. The highest BCUT2D eigenvalue weighted by Crippen LogP contribution is 2.21. The average molecular weight is 267 g/mol. The predicted molar refractivity (Wildman–Crippen MR) is 82.6 cm³/mol. The van der Waals surface area contributed by atoms with Crippen LogP contribution in [0.2, 0.25) is 0 Å². The van der Waals surface area contributed by atoms with Crippen molar-refractivity contribution in [3.05, 3.63) is 0 Å². The first-order valence-electron chi connectivity index (χ1n) is 8.49. The Morgan fingerprint density at radius 3 is 2.95 bits per heavy atom. The van der Waals surface area contributed by atoms with Crippen molar-refractivity contribution in [1.82, 2.24) is 15.1 Å². The lowest BCUT2D eigenvalue weighted by Crippen LogP contribution is -2.50. The van der Waals surface area contributed by atoms with Crippen molar-refractivity contribution < 1.29 is 0 Å². The molecular weight excluding hydrogens is 234 g/mol. The molecule has 2 aliphatic heterocycles. The summed E-state index contributed by atoms with van der Waals surface area (Å²) in [7, 11) is 0. The number of nitrogens with one attached hydrogen (secondary N) is 1. The molecule has 0 spiro atoms. The van der Waals surface area contributed by atoms with Crippen LogP contribution in [0.5, 0.6) is 0 Å². The first-order chi connectivity index (χ1) is 9.29. The quantitative estimate of drug-likeness (QED) is 0.681. The first-order valence-corrected chi connectivity index (χ1v) is 8.49. The van der Waals surface area contributed by atoms with E-state index in [2.05, 4.69) is 29.0 Å². The second-order valence-electron chi connectivity index (χ2n) is 6.48. The van der Waals surface area contributed by atoms with Crippen LogP contribution in [0.25, 0.3) is 0 Å². The van der Waals surface area contributed by atoms with Gasteiger partial charge in [0.1, 0.15) is 0 Å². The Labute approximate surface area is 119 Å². The molecule has 0 bridgehead atoms. The molecule has 0 aromatic rings. The predicted octanol–water partition coefficient (Wildman–Crippen LogP) is 2.32. The molecule has 2 aliphatic rings. The Hall–Kier alpha value is -0.120. The summed E-state index contributed by atoms with van der Waals surface area (Å²) in [5.41, 5.74) is 0. The maximum Gasteiger partial charge on any atom is 0.0224 e. The van der Waals surface area contributed by atoms with Crippen LogP contribution >= 0.6 is 0 Å². The maximum absolute atomic E-state index is 3.58. The molecule has 2 atom stereocenters. The zero-order valence-corrected chi connectivity index (χ0v) is 13.0. The normalized spacial score (nSPS) is 26.5. The van der Waals surface area contributed by atoms with Crippen molar-refractivity contribution in [3.63, 3.8) is 0 Å². The van der Waals surface area contributed by atoms with Gasteiger partial charge in [-0.05, 0) is 58.7 Å². The van der Waals surface area contributed by atoms with E-state index in [1.807, 2.05) is 0 Å². The topological polar surface area (TPSA) is 18.5 Å². The molecule has 2 saturated heterocycles. The van der Waals surface area contributed by atoms with Gasteiger partial charge in [-0.2, -0.15) is 0 Å². The van der Waals surface area contributed by atoms with E-state index in [0.717, 1.165) is 6.04 Å².